The standard InChI is InChI=1S/C55H83N13O21/c1-26(2)21-34(46(57)80)64-52(86)35(22-29-11-7-6-8-12-29)61-38(70)23-36-48(82)58-20-10-9-13-30(56)47(81)67-44(27(3)4)55(89)66-37(24-43(78)79)53(87)63-32(15-18-41(74)75)50(84)62-33(16-19-42(76)77)51(85)68-45(28(5)69)54(88)59-25-39(71)60-31(49(83)65-36)14-17-40(72)73/h6-8,11-12,26-28,30-37,44-45,69H,9-10,13-25,56H2,1-5H3,(H2,57,80)(H,58,82)(H,59,88)(H,60,71)(H,61,70)(H,62,84)(H,63,87)(H,64,86)(H,65,83)(H,66,89)(H,67,81)(H,68,85)(H,72,73)(H,74,75)(H,76,77)(H,78,79)/t28-,30+,31+,32+,33+,34+,35+,36+,37+,44+,45+/m1/s1. The van der Waals surface area contributed by atoms with Gasteiger partial charge in [0.05, 0.1) is 31.5 Å². The molecule has 1 aromatic rings. The lowest BCUT2D eigenvalue weighted by Crippen LogP contribution is -2.61. The van der Waals surface area contributed by atoms with Crippen LogP contribution >= 0.6 is 0 Å². The highest BCUT2D eigenvalue weighted by molar-refractivity contribution is 6.00. The molecule has 494 valence electrons. The molecular formula is C55H83N13O21. The fraction of sp³-hybridized carbons (Fsp3) is 0.600. The number of aliphatic hydroxyl groups is 1. The van der Waals surface area contributed by atoms with Crippen LogP contribution in [0.25, 0.3) is 0 Å². The minimum absolute atomic E-state index is 0.0630. The van der Waals surface area contributed by atoms with E-state index < -0.39 is 225 Å². The van der Waals surface area contributed by atoms with Crippen molar-refractivity contribution in [3.8, 4) is 0 Å². The molecule has 34 heteroatoms. The van der Waals surface area contributed by atoms with Gasteiger partial charge in [0.1, 0.15) is 54.4 Å². The van der Waals surface area contributed by atoms with Crippen LogP contribution in [0.2, 0.25) is 0 Å². The van der Waals surface area contributed by atoms with E-state index in [1.54, 1.807) is 44.2 Å². The van der Waals surface area contributed by atoms with Crippen LogP contribution in [0, 0.1) is 11.8 Å². The Morgan fingerprint density at radius 1 is 0.539 bits per heavy atom. The first-order valence-electron chi connectivity index (χ1n) is 28.6. The summed E-state index contributed by atoms with van der Waals surface area (Å²) < 4.78 is 0. The van der Waals surface area contributed by atoms with Gasteiger partial charge in [-0.1, -0.05) is 58.0 Å². The number of aliphatic hydroxyl groups excluding tert-OH is 1. The lowest BCUT2D eigenvalue weighted by atomic mass is 10.0. The van der Waals surface area contributed by atoms with E-state index in [1.165, 1.54) is 13.8 Å². The summed E-state index contributed by atoms with van der Waals surface area (Å²) in [5.41, 5.74) is 12.3. The van der Waals surface area contributed by atoms with E-state index in [4.69, 9.17) is 11.5 Å². The van der Waals surface area contributed by atoms with Gasteiger partial charge in [-0.15, -0.1) is 0 Å². The molecule has 0 bridgehead atoms. The Labute approximate surface area is 511 Å². The van der Waals surface area contributed by atoms with E-state index >= 15 is 0 Å². The van der Waals surface area contributed by atoms with Gasteiger partial charge >= 0.3 is 23.9 Å². The zero-order valence-corrected chi connectivity index (χ0v) is 49.9. The molecule has 12 amide bonds. The first kappa shape index (κ1) is 75.8. The van der Waals surface area contributed by atoms with Gasteiger partial charge in [0.2, 0.25) is 70.9 Å². The second-order valence-electron chi connectivity index (χ2n) is 21.9. The Hall–Kier alpha value is -9.34. The molecule has 0 saturated carbocycles. The number of carboxylic acids is 4. The molecular weight excluding hydrogens is 1180 g/mol. The van der Waals surface area contributed by atoms with E-state index in [9.17, 15) is 102 Å². The number of hydrogen-bond donors (Lipinski definition) is 18. The van der Waals surface area contributed by atoms with E-state index in [-0.39, 0.29) is 44.6 Å². The quantitative estimate of drug-likeness (QED) is 0.0486. The molecule has 20 N–H and O–H groups in total. The van der Waals surface area contributed by atoms with Crippen molar-refractivity contribution in [1.29, 1.82) is 0 Å². The lowest BCUT2D eigenvalue weighted by molar-refractivity contribution is -0.142. The molecule has 2 rings (SSSR count). The molecule has 1 aromatic carbocycles. The molecule has 0 unspecified atom stereocenters. The Morgan fingerprint density at radius 2 is 1.02 bits per heavy atom. The zero-order chi connectivity index (χ0) is 67.2. The van der Waals surface area contributed by atoms with Crippen molar-refractivity contribution in [2.45, 2.75) is 185 Å². The summed E-state index contributed by atoms with van der Waals surface area (Å²) in [4.78, 5) is 211. The Balaban J connectivity index is 2.72. The average molecular weight is 1260 g/mol. The molecule has 0 aliphatic carbocycles. The van der Waals surface area contributed by atoms with Crippen molar-refractivity contribution < 1.29 is 102 Å². The third kappa shape index (κ3) is 28.8. The average Bonchev–Trinajstić information content (AvgIpc) is 3.66. The maximum absolute atomic E-state index is 14.1. The lowest BCUT2D eigenvalue weighted by Gasteiger charge is -2.28. The van der Waals surface area contributed by atoms with Crippen LogP contribution in [0.4, 0.5) is 0 Å². The molecule has 0 aromatic heterocycles. The van der Waals surface area contributed by atoms with E-state index in [2.05, 4.69) is 58.5 Å². The number of carbonyl (C=O) groups is 16. The summed E-state index contributed by atoms with van der Waals surface area (Å²) in [6.07, 6.45) is -8.57. The first-order chi connectivity index (χ1) is 41.7. The number of carbonyl (C=O) groups excluding carboxylic acids is 12. The minimum atomic E-state index is -2.03. The van der Waals surface area contributed by atoms with Crippen LogP contribution in [0.3, 0.4) is 0 Å². The van der Waals surface area contributed by atoms with Gasteiger partial charge in [0.25, 0.3) is 0 Å². The molecule has 34 nitrogen and oxygen atoms in total. The largest absolute Gasteiger partial charge is 0.481 e. The number of aliphatic carboxylic acids is 4. The first-order valence-corrected chi connectivity index (χ1v) is 28.6. The minimum Gasteiger partial charge on any atom is -0.481 e. The van der Waals surface area contributed by atoms with Crippen LogP contribution in [-0.4, -0.2) is 200 Å². The van der Waals surface area contributed by atoms with E-state index in [0.29, 0.717) is 5.56 Å². The zero-order valence-electron chi connectivity index (χ0n) is 49.9. The normalized spacial score (nSPS) is 23.0. The number of benzene rings is 1. The number of nitrogens with two attached hydrogens (primary N) is 2. The second kappa shape index (κ2) is 38.0. The Morgan fingerprint density at radius 3 is 1.52 bits per heavy atom. The van der Waals surface area contributed by atoms with Crippen molar-refractivity contribution in [3.05, 3.63) is 35.9 Å². The molecule has 1 fully saturated rings. The van der Waals surface area contributed by atoms with E-state index in [0.717, 1.165) is 6.92 Å². The molecule has 1 saturated heterocycles. The van der Waals surface area contributed by atoms with Gasteiger partial charge in [0.15, 0.2) is 0 Å². The van der Waals surface area contributed by atoms with Crippen molar-refractivity contribution in [2.24, 2.45) is 23.3 Å². The van der Waals surface area contributed by atoms with E-state index in [1.807, 2.05) is 0 Å². The molecule has 0 radical (unpaired) electrons. The van der Waals surface area contributed by atoms with Crippen molar-refractivity contribution in [3.63, 3.8) is 0 Å². The molecule has 1 aliphatic rings. The number of nitrogens with one attached hydrogen (secondary N) is 11. The Kier molecular flexibility index (Phi) is 32.4. The van der Waals surface area contributed by atoms with Crippen LogP contribution in [0.1, 0.15) is 117 Å². The SMILES string of the molecule is CC(C)C[C@H](NC(=O)[C@H](Cc1ccccc1)NC(=O)C[C@@H]1NC(=O)[C@H](CCC(=O)O)NC(=O)CNC(=O)[C@H]([C@@H](C)O)NC(=O)[C@H](CCC(=O)O)NC(=O)[C@H](CCC(=O)O)NC(=O)[C@H](CC(=O)O)NC(=O)[C@H](C(C)C)NC(=O)[C@@H](N)CCCCNC1=O)C(N)=O. The topological polar surface area (TPSA) is 559 Å². The van der Waals surface area contributed by atoms with Crippen molar-refractivity contribution in [2.75, 3.05) is 13.1 Å². The number of amides is 12. The highest BCUT2D eigenvalue weighted by Crippen LogP contribution is 2.12. The Bertz CT molecular complexity index is 2710. The fourth-order valence-corrected chi connectivity index (χ4v) is 8.70. The number of hydrogen-bond acceptors (Lipinski definition) is 18. The number of carboxylic acid groups (broad SMARTS) is 4. The number of primary amides is 1. The summed E-state index contributed by atoms with van der Waals surface area (Å²) in [6.45, 7) is 6.19. The van der Waals surface area contributed by atoms with Gasteiger partial charge in [-0.3, -0.25) is 76.7 Å². The maximum Gasteiger partial charge on any atom is 0.305 e. The predicted octanol–water partition coefficient (Wildman–Crippen LogP) is -5.64. The maximum atomic E-state index is 14.1. The summed E-state index contributed by atoms with van der Waals surface area (Å²) in [5.74, 6) is -20.7. The van der Waals surface area contributed by atoms with Gasteiger partial charge < -0.3 is 95.5 Å². The van der Waals surface area contributed by atoms with Crippen molar-refractivity contribution in [1.82, 2.24) is 58.5 Å². The van der Waals surface area contributed by atoms with Crippen LogP contribution in [0.15, 0.2) is 30.3 Å². The van der Waals surface area contributed by atoms with Crippen molar-refractivity contribution >= 4 is 94.8 Å². The third-order valence-corrected chi connectivity index (χ3v) is 13.5. The number of rotatable bonds is 23. The summed E-state index contributed by atoms with van der Waals surface area (Å²) >= 11 is 0. The molecule has 89 heavy (non-hydrogen) atoms. The van der Waals surface area contributed by atoms with Crippen LogP contribution in [-0.2, 0) is 83.1 Å². The molecule has 1 aliphatic heterocycles. The fourth-order valence-electron chi connectivity index (χ4n) is 8.70. The predicted molar refractivity (Wildman–Crippen MR) is 308 cm³/mol. The second-order valence-corrected chi connectivity index (χ2v) is 21.9. The molecule has 0 spiro atoms. The van der Waals surface area contributed by atoms with Crippen LogP contribution in [0.5, 0.6) is 0 Å². The van der Waals surface area contributed by atoms with Gasteiger partial charge in [0, 0.05) is 32.2 Å². The summed E-state index contributed by atoms with van der Waals surface area (Å²) in [5, 5.41) is 74.1. The smallest absolute Gasteiger partial charge is 0.305 e. The highest BCUT2D eigenvalue weighted by atomic mass is 16.4. The van der Waals surface area contributed by atoms with Gasteiger partial charge in [-0.25, -0.2) is 0 Å². The monoisotopic (exact) mass is 1260 g/mol. The highest BCUT2D eigenvalue weighted by Gasteiger charge is 2.37. The third-order valence-electron chi connectivity index (χ3n) is 13.5. The van der Waals surface area contributed by atoms with Gasteiger partial charge in [-0.2, -0.15) is 0 Å². The summed E-state index contributed by atoms with van der Waals surface area (Å²) in [6, 6.07) is -8.80. The molecule has 11 atom stereocenters. The summed E-state index contributed by atoms with van der Waals surface area (Å²) in [7, 11) is 0. The molecule has 1 heterocycles. The van der Waals surface area contributed by atoms with Crippen LogP contribution < -0.4 is 70.0 Å². The van der Waals surface area contributed by atoms with Gasteiger partial charge in [-0.05, 0) is 69.3 Å².